The zero-order valence-electron chi connectivity index (χ0n) is 13.4. The summed E-state index contributed by atoms with van der Waals surface area (Å²) in [5.74, 6) is 0.444. The minimum atomic E-state index is -0.506. The first-order chi connectivity index (χ1) is 9.36. The largest absolute Gasteiger partial charge is 0.493 e. The molecule has 0 aromatic carbocycles. The number of Topliss-reactive ketones (excluding diaryl/α,β-unsaturated/α-hetero) is 1. The molecule has 1 rings (SSSR count). The third kappa shape index (κ3) is 3.60. The smallest absolute Gasteiger partial charge is 0.213 e. The molecule has 0 fully saturated rings. The van der Waals surface area contributed by atoms with Gasteiger partial charge < -0.3 is 9.47 Å². The summed E-state index contributed by atoms with van der Waals surface area (Å²) in [5, 5.41) is 4.24. The molecule has 1 aromatic rings. The predicted octanol–water partition coefficient (Wildman–Crippen LogP) is 2.94. The lowest BCUT2D eigenvalue weighted by molar-refractivity contribution is -0.00111. The minimum Gasteiger partial charge on any atom is -0.493 e. The van der Waals surface area contributed by atoms with Crippen LogP contribution in [0, 0.1) is 5.41 Å². The van der Waals surface area contributed by atoms with Crippen LogP contribution in [0.15, 0.2) is 6.20 Å². The van der Waals surface area contributed by atoms with Crippen LogP contribution in [0.25, 0.3) is 0 Å². The number of aryl methyl sites for hydroxylation is 1. The van der Waals surface area contributed by atoms with Gasteiger partial charge in [0.2, 0.25) is 5.78 Å². The van der Waals surface area contributed by atoms with Crippen LogP contribution in [0.3, 0.4) is 0 Å². The van der Waals surface area contributed by atoms with Gasteiger partial charge in [-0.15, -0.1) is 0 Å². The molecule has 1 unspecified atom stereocenters. The topological polar surface area (TPSA) is 53.4 Å². The molecule has 20 heavy (non-hydrogen) atoms. The quantitative estimate of drug-likeness (QED) is 0.722. The van der Waals surface area contributed by atoms with Crippen molar-refractivity contribution in [3.8, 4) is 5.75 Å². The van der Waals surface area contributed by atoms with Crippen molar-refractivity contribution >= 4 is 5.78 Å². The van der Waals surface area contributed by atoms with E-state index in [4.69, 9.17) is 9.47 Å². The fraction of sp³-hybridized carbons (Fsp3) is 0.733. The molecule has 0 aliphatic heterocycles. The van der Waals surface area contributed by atoms with Crippen molar-refractivity contribution in [2.24, 2.45) is 5.41 Å². The van der Waals surface area contributed by atoms with Crippen LogP contribution in [0.2, 0.25) is 0 Å². The van der Waals surface area contributed by atoms with E-state index in [-0.39, 0.29) is 11.2 Å². The highest BCUT2D eigenvalue weighted by molar-refractivity contribution is 6.00. The van der Waals surface area contributed by atoms with Crippen LogP contribution in [0.4, 0.5) is 0 Å². The maximum absolute atomic E-state index is 12.9. The highest BCUT2D eigenvalue weighted by atomic mass is 16.5. The van der Waals surface area contributed by atoms with Gasteiger partial charge >= 0.3 is 0 Å². The van der Waals surface area contributed by atoms with Gasteiger partial charge in [-0.05, 0) is 18.8 Å². The molecule has 1 heterocycles. The number of carbonyl (C=O) groups excluding carboxylic acids is 1. The van der Waals surface area contributed by atoms with Gasteiger partial charge in [-0.1, -0.05) is 27.7 Å². The van der Waals surface area contributed by atoms with Crippen LogP contribution in [-0.2, 0) is 11.3 Å². The number of carbonyl (C=O) groups is 1. The van der Waals surface area contributed by atoms with E-state index in [2.05, 4.69) is 5.10 Å². The van der Waals surface area contributed by atoms with E-state index < -0.39 is 6.10 Å². The molecule has 0 N–H and O–H groups in total. The standard InChI is InChI=1S/C15H26N2O3/c1-7-9-17-12(11(19-6)10-16-17)13(18)14(20-8-2)15(3,4)5/h10,14H,7-9H2,1-6H3. The normalized spacial score (nSPS) is 13.3. The lowest BCUT2D eigenvalue weighted by atomic mass is 9.85. The highest BCUT2D eigenvalue weighted by Crippen LogP contribution is 2.29. The molecule has 0 radical (unpaired) electrons. The Labute approximate surface area is 121 Å². The second kappa shape index (κ2) is 6.88. The highest BCUT2D eigenvalue weighted by Gasteiger charge is 2.36. The number of nitrogens with zero attached hydrogens (tertiary/aromatic N) is 2. The van der Waals surface area contributed by atoms with Gasteiger partial charge in [-0.2, -0.15) is 5.10 Å². The predicted molar refractivity (Wildman–Crippen MR) is 78.3 cm³/mol. The van der Waals surface area contributed by atoms with Crippen molar-refractivity contribution < 1.29 is 14.3 Å². The summed E-state index contributed by atoms with van der Waals surface area (Å²) in [6.45, 7) is 11.1. The molecule has 5 heteroatoms. The van der Waals surface area contributed by atoms with Crippen molar-refractivity contribution in [3.05, 3.63) is 11.9 Å². The van der Waals surface area contributed by atoms with Crippen molar-refractivity contribution in [2.75, 3.05) is 13.7 Å². The van der Waals surface area contributed by atoms with Crippen molar-refractivity contribution in [1.82, 2.24) is 9.78 Å². The summed E-state index contributed by atoms with van der Waals surface area (Å²) in [6, 6.07) is 0. The van der Waals surface area contributed by atoms with Gasteiger partial charge in [0, 0.05) is 13.2 Å². The van der Waals surface area contributed by atoms with Crippen LogP contribution >= 0.6 is 0 Å². The third-order valence-corrected chi connectivity index (χ3v) is 3.05. The number of ketones is 1. The van der Waals surface area contributed by atoms with E-state index in [9.17, 15) is 4.79 Å². The number of hydrogen-bond acceptors (Lipinski definition) is 4. The molecule has 0 amide bonds. The van der Waals surface area contributed by atoms with E-state index in [1.165, 1.54) is 0 Å². The Bertz CT molecular complexity index is 446. The number of rotatable bonds is 7. The molecule has 1 atom stereocenters. The summed E-state index contributed by atoms with van der Waals surface area (Å²) in [5.41, 5.74) is 0.224. The van der Waals surface area contributed by atoms with Crippen molar-refractivity contribution in [1.29, 1.82) is 0 Å². The molecule has 0 aliphatic rings. The van der Waals surface area contributed by atoms with E-state index in [1.54, 1.807) is 18.0 Å². The molecular weight excluding hydrogens is 256 g/mol. The summed E-state index contributed by atoms with van der Waals surface area (Å²) < 4.78 is 12.7. The maximum atomic E-state index is 12.9. The number of ether oxygens (including phenoxy) is 2. The molecule has 114 valence electrons. The molecular formula is C15H26N2O3. The fourth-order valence-electron chi connectivity index (χ4n) is 2.16. The molecule has 0 bridgehead atoms. The zero-order valence-corrected chi connectivity index (χ0v) is 13.4. The van der Waals surface area contributed by atoms with E-state index >= 15 is 0 Å². The summed E-state index contributed by atoms with van der Waals surface area (Å²) in [6.07, 6.45) is 1.99. The van der Waals surface area contributed by atoms with E-state index in [1.807, 2.05) is 34.6 Å². The molecule has 1 aromatic heterocycles. The number of methoxy groups -OCH3 is 1. The summed E-state index contributed by atoms with van der Waals surface area (Å²) in [4.78, 5) is 12.9. The Morgan fingerprint density at radius 2 is 2.05 bits per heavy atom. The lowest BCUT2D eigenvalue weighted by Crippen LogP contribution is -2.38. The fourth-order valence-corrected chi connectivity index (χ4v) is 2.16. The third-order valence-electron chi connectivity index (χ3n) is 3.05. The molecule has 0 saturated carbocycles. The Morgan fingerprint density at radius 1 is 1.40 bits per heavy atom. The molecule has 5 nitrogen and oxygen atoms in total. The van der Waals surface area contributed by atoms with Gasteiger partial charge in [0.15, 0.2) is 5.75 Å². The lowest BCUT2D eigenvalue weighted by Gasteiger charge is -2.29. The average Bonchev–Trinajstić information content (AvgIpc) is 2.77. The van der Waals surface area contributed by atoms with Gasteiger partial charge in [-0.3, -0.25) is 9.48 Å². The average molecular weight is 282 g/mol. The Balaban J connectivity index is 3.19. The Kier molecular flexibility index (Phi) is 5.74. The van der Waals surface area contributed by atoms with Crippen LogP contribution in [0.5, 0.6) is 5.75 Å². The van der Waals surface area contributed by atoms with Gasteiger partial charge in [0.25, 0.3) is 0 Å². The SMILES string of the molecule is CCCn1ncc(OC)c1C(=O)C(OCC)C(C)(C)C. The first-order valence-corrected chi connectivity index (χ1v) is 7.12. The van der Waals surface area contributed by atoms with E-state index in [0.717, 1.165) is 6.42 Å². The van der Waals surface area contributed by atoms with E-state index in [0.29, 0.717) is 24.6 Å². The van der Waals surface area contributed by atoms with Gasteiger partial charge in [0.1, 0.15) is 11.8 Å². The zero-order chi connectivity index (χ0) is 15.3. The van der Waals surface area contributed by atoms with Crippen LogP contribution in [0.1, 0.15) is 51.5 Å². The maximum Gasteiger partial charge on any atom is 0.213 e. The van der Waals surface area contributed by atoms with Crippen molar-refractivity contribution in [2.45, 2.75) is 53.7 Å². The molecule has 0 aliphatic carbocycles. The van der Waals surface area contributed by atoms with Crippen molar-refractivity contribution in [3.63, 3.8) is 0 Å². The second-order valence-electron chi connectivity index (χ2n) is 5.85. The summed E-state index contributed by atoms with van der Waals surface area (Å²) in [7, 11) is 1.55. The Morgan fingerprint density at radius 3 is 2.50 bits per heavy atom. The number of hydrogen-bond donors (Lipinski definition) is 0. The second-order valence-corrected chi connectivity index (χ2v) is 5.85. The first-order valence-electron chi connectivity index (χ1n) is 7.12. The first kappa shape index (κ1) is 16.7. The molecule has 0 saturated heterocycles. The monoisotopic (exact) mass is 282 g/mol. The Hall–Kier alpha value is -1.36. The minimum absolute atomic E-state index is 0.0675. The number of aromatic nitrogens is 2. The summed E-state index contributed by atoms with van der Waals surface area (Å²) >= 11 is 0. The van der Waals surface area contributed by atoms with Gasteiger partial charge in [0.05, 0.1) is 13.3 Å². The van der Waals surface area contributed by atoms with Crippen LogP contribution < -0.4 is 4.74 Å². The van der Waals surface area contributed by atoms with Crippen LogP contribution in [-0.4, -0.2) is 35.4 Å². The van der Waals surface area contributed by atoms with Gasteiger partial charge in [-0.25, -0.2) is 0 Å². The molecule has 0 spiro atoms.